The van der Waals surface area contributed by atoms with Crippen molar-refractivity contribution in [1.29, 1.82) is 0 Å². The molecule has 1 saturated heterocycles. The summed E-state index contributed by atoms with van der Waals surface area (Å²) in [7, 11) is 4.27. The Morgan fingerprint density at radius 1 is 1.26 bits per heavy atom. The van der Waals surface area contributed by atoms with Crippen LogP contribution in [0.3, 0.4) is 0 Å². The second kappa shape index (κ2) is 8.90. The lowest BCUT2D eigenvalue weighted by Gasteiger charge is -2.39. The second-order valence-electron chi connectivity index (χ2n) is 6.47. The third-order valence-corrected chi connectivity index (χ3v) is 3.88. The first-order valence-electron chi connectivity index (χ1n) is 7.71. The molecule has 19 heavy (non-hydrogen) atoms. The Morgan fingerprint density at radius 3 is 2.47 bits per heavy atom. The van der Waals surface area contributed by atoms with Crippen LogP contribution in [-0.2, 0) is 4.74 Å². The molecular weight excluding hydrogens is 238 g/mol. The summed E-state index contributed by atoms with van der Waals surface area (Å²) >= 11 is 0. The van der Waals surface area contributed by atoms with Crippen molar-refractivity contribution in [2.24, 2.45) is 17.6 Å². The third kappa shape index (κ3) is 6.21. The largest absolute Gasteiger partial charge is 0.381 e. The molecule has 0 radical (unpaired) electrons. The van der Waals surface area contributed by atoms with E-state index in [-0.39, 0.29) is 0 Å². The van der Waals surface area contributed by atoms with Gasteiger partial charge in [0.2, 0.25) is 0 Å². The molecule has 0 bridgehead atoms. The zero-order chi connectivity index (χ0) is 14.3. The van der Waals surface area contributed by atoms with Crippen molar-refractivity contribution >= 4 is 0 Å². The number of hydrogen-bond acceptors (Lipinski definition) is 4. The number of nitrogens with zero attached hydrogens (tertiary/aromatic N) is 2. The van der Waals surface area contributed by atoms with Crippen LogP contribution in [0.4, 0.5) is 0 Å². The summed E-state index contributed by atoms with van der Waals surface area (Å²) < 4.78 is 5.65. The minimum atomic E-state index is 0.475. The summed E-state index contributed by atoms with van der Waals surface area (Å²) in [6, 6.07) is 0.475. The number of likely N-dealkylation sites (N-methyl/N-ethyl adjacent to an activating group) is 1. The van der Waals surface area contributed by atoms with Gasteiger partial charge in [0.15, 0.2) is 0 Å². The lowest BCUT2D eigenvalue weighted by Crippen LogP contribution is -2.51. The highest BCUT2D eigenvalue weighted by atomic mass is 16.5. The molecule has 1 heterocycles. The minimum Gasteiger partial charge on any atom is -0.381 e. The summed E-state index contributed by atoms with van der Waals surface area (Å²) in [5.74, 6) is 1.29. The van der Waals surface area contributed by atoms with Gasteiger partial charge in [0.1, 0.15) is 0 Å². The highest BCUT2D eigenvalue weighted by Crippen LogP contribution is 2.21. The van der Waals surface area contributed by atoms with E-state index in [0.717, 1.165) is 39.4 Å². The molecule has 0 amide bonds. The van der Waals surface area contributed by atoms with E-state index in [1.807, 2.05) is 0 Å². The normalized spacial score (nSPS) is 22.4. The lowest BCUT2D eigenvalue weighted by atomic mass is 9.92. The van der Waals surface area contributed by atoms with Crippen molar-refractivity contribution in [3.05, 3.63) is 0 Å². The summed E-state index contributed by atoms with van der Waals surface area (Å²) in [6.45, 7) is 10.5. The summed E-state index contributed by atoms with van der Waals surface area (Å²) in [5, 5.41) is 0. The van der Waals surface area contributed by atoms with Crippen LogP contribution in [0.2, 0.25) is 0 Å². The van der Waals surface area contributed by atoms with Gasteiger partial charge in [-0.3, -0.25) is 4.90 Å². The van der Waals surface area contributed by atoms with Crippen LogP contribution in [-0.4, -0.2) is 69.3 Å². The molecular formula is C15H33N3O. The standard InChI is InChI=1S/C15H33N3O/c1-13(2)11-18(8-7-17(3)4)15(10-16)14-6-5-9-19-12-14/h13-15H,5-12,16H2,1-4H3. The molecule has 0 saturated carbocycles. The van der Waals surface area contributed by atoms with Crippen molar-refractivity contribution in [3.8, 4) is 0 Å². The fraction of sp³-hybridized carbons (Fsp3) is 1.00. The molecule has 0 aromatic heterocycles. The Morgan fingerprint density at radius 2 is 2.00 bits per heavy atom. The van der Waals surface area contributed by atoms with Gasteiger partial charge < -0.3 is 15.4 Å². The Labute approximate surface area is 119 Å². The molecule has 0 spiro atoms. The van der Waals surface area contributed by atoms with E-state index in [1.165, 1.54) is 12.8 Å². The molecule has 2 atom stereocenters. The van der Waals surface area contributed by atoms with E-state index in [1.54, 1.807) is 0 Å². The van der Waals surface area contributed by atoms with Crippen molar-refractivity contribution in [2.45, 2.75) is 32.7 Å². The number of ether oxygens (including phenoxy) is 1. The van der Waals surface area contributed by atoms with Crippen LogP contribution in [0, 0.1) is 11.8 Å². The average molecular weight is 271 g/mol. The third-order valence-electron chi connectivity index (χ3n) is 3.88. The average Bonchev–Trinajstić information content (AvgIpc) is 2.37. The molecule has 1 fully saturated rings. The molecule has 0 aromatic rings. The summed E-state index contributed by atoms with van der Waals surface area (Å²) in [6.07, 6.45) is 2.45. The van der Waals surface area contributed by atoms with Crippen LogP contribution < -0.4 is 5.73 Å². The van der Waals surface area contributed by atoms with Crippen molar-refractivity contribution in [2.75, 3.05) is 53.5 Å². The van der Waals surface area contributed by atoms with Gasteiger partial charge in [-0.15, -0.1) is 0 Å². The SMILES string of the molecule is CC(C)CN(CCN(C)C)C(CN)C1CCCOC1. The molecule has 1 aliphatic heterocycles. The Hall–Kier alpha value is -0.160. The molecule has 4 nitrogen and oxygen atoms in total. The number of rotatable bonds is 8. The van der Waals surface area contributed by atoms with E-state index in [0.29, 0.717) is 17.9 Å². The maximum Gasteiger partial charge on any atom is 0.0509 e. The molecule has 1 rings (SSSR count). The van der Waals surface area contributed by atoms with E-state index < -0.39 is 0 Å². The summed E-state index contributed by atoms with van der Waals surface area (Å²) in [4.78, 5) is 4.84. The van der Waals surface area contributed by atoms with Crippen LogP contribution in [0.15, 0.2) is 0 Å². The first-order valence-corrected chi connectivity index (χ1v) is 7.71. The Kier molecular flexibility index (Phi) is 7.91. The van der Waals surface area contributed by atoms with Gasteiger partial charge in [0.25, 0.3) is 0 Å². The predicted octanol–water partition coefficient (Wildman–Crippen LogP) is 1.26. The number of hydrogen-bond donors (Lipinski definition) is 1. The second-order valence-corrected chi connectivity index (χ2v) is 6.47. The molecule has 2 N–H and O–H groups in total. The lowest BCUT2D eigenvalue weighted by molar-refractivity contribution is 0.00698. The van der Waals surface area contributed by atoms with Gasteiger partial charge in [-0.2, -0.15) is 0 Å². The zero-order valence-electron chi connectivity index (χ0n) is 13.3. The van der Waals surface area contributed by atoms with Gasteiger partial charge in [0.05, 0.1) is 6.61 Å². The molecule has 1 aliphatic rings. The summed E-state index contributed by atoms with van der Waals surface area (Å²) in [5.41, 5.74) is 6.08. The van der Waals surface area contributed by atoms with Gasteiger partial charge in [-0.25, -0.2) is 0 Å². The number of nitrogens with two attached hydrogens (primary N) is 1. The van der Waals surface area contributed by atoms with Crippen LogP contribution in [0.5, 0.6) is 0 Å². The van der Waals surface area contributed by atoms with Crippen LogP contribution in [0.25, 0.3) is 0 Å². The van der Waals surface area contributed by atoms with E-state index in [4.69, 9.17) is 10.5 Å². The maximum absolute atomic E-state index is 6.08. The monoisotopic (exact) mass is 271 g/mol. The Bertz CT molecular complexity index is 227. The first-order chi connectivity index (χ1) is 9.04. The van der Waals surface area contributed by atoms with Crippen molar-refractivity contribution in [3.63, 3.8) is 0 Å². The van der Waals surface area contributed by atoms with E-state index in [9.17, 15) is 0 Å². The Balaban J connectivity index is 2.61. The van der Waals surface area contributed by atoms with Gasteiger partial charge in [-0.05, 0) is 38.8 Å². The first kappa shape index (κ1) is 16.9. The maximum atomic E-state index is 6.08. The topological polar surface area (TPSA) is 41.7 Å². The van der Waals surface area contributed by atoms with E-state index >= 15 is 0 Å². The molecule has 4 heteroatoms. The zero-order valence-corrected chi connectivity index (χ0v) is 13.3. The highest BCUT2D eigenvalue weighted by Gasteiger charge is 2.28. The van der Waals surface area contributed by atoms with E-state index in [2.05, 4.69) is 37.7 Å². The molecule has 0 aliphatic carbocycles. The minimum absolute atomic E-state index is 0.475. The van der Waals surface area contributed by atoms with Gasteiger partial charge >= 0.3 is 0 Å². The smallest absolute Gasteiger partial charge is 0.0509 e. The molecule has 2 unspecified atom stereocenters. The predicted molar refractivity (Wildman–Crippen MR) is 81.4 cm³/mol. The highest BCUT2D eigenvalue weighted by molar-refractivity contribution is 4.83. The fourth-order valence-electron chi connectivity index (χ4n) is 2.90. The quantitative estimate of drug-likeness (QED) is 0.722. The van der Waals surface area contributed by atoms with Gasteiger partial charge in [-0.1, -0.05) is 13.8 Å². The fourth-order valence-corrected chi connectivity index (χ4v) is 2.90. The van der Waals surface area contributed by atoms with Gasteiger partial charge in [0, 0.05) is 38.8 Å². The molecule has 114 valence electrons. The van der Waals surface area contributed by atoms with Crippen LogP contribution in [0.1, 0.15) is 26.7 Å². The molecule has 0 aromatic carbocycles. The van der Waals surface area contributed by atoms with Crippen molar-refractivity contribution in [1.82, 2.24) is 9.80 Å². The van der Waals surface area contributed by atoms with Crippen molar-refractivity contribution < 1.29 is 4.74 Å². The van der Waals surface area contributed by atoms with Crippen LogP contribution >= 0.6 is 0 Å².